The number of carbonyl (C=O) groups excluding carboxylic acids is 1. The average molecular weight is 259 g/mol. The molecule has 1 N–H and O–H groups in total. The van der Waals surface area contributed by atoms with E-state index in [9.17, 15) is 9.90 Å². The molecule has 0 aliphatic rings. The standard InChI is InChI=1S/C11H17NO4S/c1-12(6-8(13)7-15-2)11(14)10-9(16-3)4-5-17-10/h4-5,8,13H,6-7H2,1-3H3. The molecule has 1 unspecified atom stereocenters. The van der Waals surface area contributed by atoms with Gasteiger partial charge in [0, 0.05) is 20.7 Å². The summed E-state index contributed by atoms with van der Waals surface area (Å²) < 4.78 is 9.89. The van der Waals surface area contributed by atoms with Crippen molar-refractivity contribution >= 4 is 17.2 Å². The summed E-state index contributed by atoms with van der Waals surface area (Å²) in [6, 6.07) is 1.75. The lowest BCUT2D eigenvalue weighted by Crippen LogP contribution is -2.36. The number of ether oxygens (including phenoxy) is 2. The molecule has 1 heterocycles. The van der Waals surface area contributed by atoms with Gasteiger partial charge in [-0.15, -0.1) is 11.3 Å². The van der Waals surface area contributed by atoms with Crippen LogP contribution in [-0.2, 0) is 4.74 Å². The molecule has 96 valence electrons. The smallest absolute Gasteiger partial charge is 0.267 e. The molecule has 0 aliphatic heterocycles. The first-order chi connectivity index (χ1) is 8.10. The van der Waals surface area contributed by atoms with Crippen molar-refractivity contribution in [2.24, 2.45) is 0 Å². The van der Waals surface area contributed by atoms with Crippen molar-refractivity contribution in [3.05, 3.63) is 16.3 Å². The Morgan fingerprint density at radius 2 is 2.29 bits per heavy atom. The number of hydrogen-bond donors (Lipinski definition) is 1. The number of aliphatic hydroxyl groups is 1. The Hall–Kier alpha value is -1.11. The second kappa shape index (κ2) is 6.58. The number of likely N-dealkylation sites (N-methyl/N-ethyl adjacent to an activating group) is 1. The van der Waals surface area contributed by atoms with Crippen LogP contribution in [0.2, 0.25) is 0 Å². The van der Waals surface area contributed by atoms with Crippen LogP contribution in [-0.4, -0.2) is 56.4 Å². The van der Waals surface area contributed by atoms with Crippen LogP contribution in [0.15, 0.2) is 11.4 Å². The van der Waals surface area contributed by atoms with E-state index in [1.165, 1.54) is 30.5 Å². The van der Waals surface area contributed by atoms with Crippen LogP contribution in [0.4, 0.5) is 0 Å². The first-order valence-corrected chi connectivity index (χ1v) is 6.02. The van der Waals surface area contributed by atoms with Crippen LogP contribution in [0, 0.1) is 0 Å². The lowest BCUT2D eigenvalue weighted by molar-refractivity contribution is 0.0381. The van der Waals surface area contributed by atoms with Crippen molar-refractivity contribution in [3.63, 3.8) is 0 Å². The number of methoxy groups -OCH3 is 2. The zero-order valence-corrected chi connectivity index (χ0v) is 11.0. The van der Waals surface area contributed by atoms with E-state index in [1.54, 1.807) is 18.5 Å². The second-order valence-corrected chi connectivity index (χ2v) is 4.53. The van der Waals surface area contributed by atoms with Crippen LogP contribution in [0.25, 0.3) is 0 Å². The molecular formula is C11H17NO4S. The van der Waals surface area contributed by atoms with Gasteiger partial charge >= 0.3 is 0 Å². The summed E-state index contributed by atoms with van der Waals surface area (Å²) in [4.78, 5) is 14.0. The van der Waals surface area contributed by atoms with Crippen molar-refractivity contribution < 1.29 is 19.4 Å². The first-order valence-electron chi connectivity index (χ1n) is 5.14. The minimum Gasteiger partial charge on any atom is -0.495 e. The van der Waals surface area contributed by atoms with Gasteiger partial charge in [-0.2, -0.15) is 0 Å². The number of thiophene rings is 1. The molecule has 5 nitrogen and oxygen atoms in total. The fraction of sp³-hybridized carbons (Fsp3) is 0.545. The highest BCUT2D eigenvalue weighted by Gasteiger charge is 2.20. The summed E-state index contributed by atoms with van der Waals surface area (Å²) in [5.41, 5.74) is 0. The number of nitrogens with zero attached hydrogens (tertiary/aromatic N) is 1. The largest absolute Gasteiger partial charge is 0.495 e. The molecule has 1 amide bonds. The Kier molecular flexibility index (Phi) is 5.40. The van der Waals surface area contributed by atoms with Crippen LogP contribution < -0.4 is 4.74 Å². The molecule has 1 aromatic heterocycles. The van der Waals surface area contributed by atoms with Crippen LogP contribution >= 0.6 is 11.3 Å². The maximum atomic E-state index is 12.0. The topological polar surface area (TPSA) is 59.0 Å². The minimum atomic E-state index is -0.681. The fourth-order valence-electron chi connectivity index (χ4n) is 1.43. The minimum absolute atomic E-state index is 0.160. The summed E-state index contributed by atoms with van der Waals surface area (Å²) >= 11 is 1.32. The molecule has 0 radical (unpaired) electrons. The molecule has 0 bridgehead atoms. The van der Waals surface area contributed by atoms with E-state index in [2.05, 4.69) is 0 Å². The van der Waals surface area contributed by atoms with Crippen molar-refractivity contribution in [1.29, 1.82) is 0 Å². The third-order valence-electron chi connectivity index (χ3n) is 2.23. The van der Waals surface area contributed by atoms with Gasteiger partial charge in [0.15, 0.2) is 0 Å². The molecule has 0 saturated carbocycles. The van der Waals surface area contributed by atoms with E-state index in [4.69, 9.17) is 9.47 Å². The molecule has 1 atom stereocenters. The Labute approximate surface area is 105 Å². The van der Waals surface area contributed by atoms with E-state index in [1.807, 2.05) is 0 Å². The lowest BCUT2D eigenvalue weighted by atomic mass is 10.3. The summed E-state index contributed by atoms with van der Waals surface area (Å²) in [7, 11) is 4.67. The quantitative estimate of drug-likeness (QED) is 0.822. The Balaban J connectivity index is 2.63. The number of aliphatic hydroxyl groups excluding tert-OH is 1. The van der Waals surface area contributed by atoms with Crippen molar-refractivity contribution in [2.75, 3.05) is 34.4 Å². The third-order valence-corrected chi connectivity index (χ3v) is 3.12. The first kappa shape index (κ1) is 14.0. The summed E-state index contributed by atoms with van der Waals surface area (Å²) in [5, 5.41) is 11.3. The summed E-state index contributed by atoms with van der Waals surface area (Å²) in [6.45, 7) is 0.437. The van der Waals surface area contributed by atoms with Gasteiger partial charge in [-0.1, -0.05) is 0 Å². The van der Waals surface area contributed by atoms with Gasteiger partial charge in [0.2, 0.25) is 0 Å². The normalized spacial score (nSPS) is 12.2. The van der Waals surface area contributed by atoms with Gasteiger partial charge in [-0.25, -0.2) is 0 Å². The molecule has 0 saturated heterocycles. The van der Waals surface area contributed by atoms with Crippen LogP contribution in [0.3, 0.4) is 0 Å². The van der Waals surface area contributed by atoms with Crippen LogP contribution in [0.5, 0.6) is 5.75 Å². The Bertz CT molecular complexity index is 366. The maximum Gasteiger partial charge on any atom is 0.267 e. The third kappa shape index (κ3) is 3.69. The Morgan fingerprint density at radius 1 is 1.59 bits per heavy atom. The molecule has 0 fully saturated rings. The summed E-state index contributed by atoms with van der Waals surface area (Å²) in [6.07, 6.45) is -0.681. The fourth-order valence-corrected chi connectivity index (χ4v) is 2.28. The maximum absolute atomic E-state index is 12.0. The average Bonchev–Trinajstić information content (AvgIpc) is 2.76. The molecule has 1 rings (SSSR count). The Morgan fingerprint density at radius 3 is 2.88 bits per heavy atom. The monoisotopic (exact) mass is 259 g/mol. The zero-order valence-electron chi connectivity index (χ0n) is 10.2. The SMILES string of the molecule is COCC(O)CN(C)C(=O)c1sccc1OC. The van der Waals surface area contributed by atoms with Crippen molar-refractivity contribution in [2.45, 2.75) is 6.10 Å². The number of carbonyl (C=O) groups is 1. The number of hydrogen-bond acceptors (Lipinski definition) is 5. The summed E-state index contributed by atoms with van der Waals surface area (Å²) in [5.74, 6) is 0.403. The van der Waals surface area contributed by atoms with Gasteiger partial charge in [0.25, 0.3) is 5.91 Å². The van der Waals surface area contributed by atoms with Crippen molar-refractivity contribution in [3.8, 4) is 5.75 Å². The predicted octanol–water partition coefficient (Wildman–Crippen LogP) is 0.836. The van der Waals surface area contributed by atoms with Gasteiger partial charge < -0.3 is 19.5 Å². The molecule has 1 aromatic rings. The van der Waals surface area contributed by atoms with Crippen molar-refractivity contribution in [1.82, 2.24) is 4.90 Å². The lowest BCUT2D eigenvalue weighted by Gasteiger charge is -2.20. The van der Waals surface area contributed by atoms with E-state index >= 15 is 0 Å². The van der Waals surface area contributed by atoms with E-state index in [0.717, 1.165) is 0 Å². The second-order valence-electron chi connectivity index (χ2n) is 3.61. The molecule has 6 heteroatoms. The van der Waals surface area contributed by atoms with Gasteiger partial charge in [0.1, 0.15) is 10.6 Å². The number of amides is 1. The van der Waals surface area contributed by atoms with E-state index in [-0.39, 0.29) is 19.1 Å². The molecule has 0 aromatic carbocycles. The highest BCUT2D eigenvalue weighted by Crippen LogP contribution is 2.25. The van der Waals surface area contributed by atoms with E-state index in [0.29, 0.717) is 10.6 Å². The molecular weight excluding hydrogens is 242 g/mol. The predicted molar refractivity (Wildman–Crippen MR) is 65.7 cm³/mol. The van der Waals surface area contributed by atoms with Gasteiger partial charge in [-0.05, 0) is 11.4 Å². The van der Waals surface area contributed by atoms with Crippen LogP contribution in [0.1, 0.15) is 9.67 Å². The van der Waals surface area contributed by atoms with Gasteiger partial charge in [-0.3, -0.25) is 4.79 Å². The van der Waals surface area contributed by atoms with E-state index < -0.39 is 6.10 Å². The molecule has 17 heavy (non-hydrogen) atoms. The molecule has 0 spiro atoms. The zero-order chi connectivity index (χ0) is 12.8. The number of rotatable bonds is 6. The highest BCUT2D eigenvalue weighted by molar-refractivity contribution is 7.12. The van der Waals surface area contributed by atoms with Gasteiger partial charge in [0.05, 0.1) is 19.8 Å². The highest BCUT2D eigenvalue weighted by atomic mass is 32.1. The molecule has 0 aliphatic carbocycles.